The number of hydrogen-bond donors (Lipinski definition) is 1. The lowest BCUT2D eigenvalue weighted by Crippen LogP contribution is -2.52. The first-order valence-corrected chi connectivity index (χ1v) is 10.4. The average molecular weight is 424 g/mol. The zero-order chi connectivity index (χ0) is 22.4. The minimum absolute atomic E-state index is 0.0430. The van der Waals surface area contributed by atoms with Crippen molar-refractivity contribution in [1.82, 2.24) is 15.1 Å². The third-order valence-electron chi connectivity index (χ3n) is 4.94. The molecule has 1 saturated heterocycles. The topological polar surface area (TPSA) is 79.0 Å². The van der Waals surface area contributed by atoms with E-state index in [1.54, 1.807) is 30.6 Å². The van der Waals surface area contributed by atoms with Crippen LogP contribution in [-0.4, -0.2) is 66.0 Å². The summed E-state index contributed by atoms with van der Waals surface area (Å²) in [6.07, 6.45) is -0.617. The van der Waals surface area contributed by atoms with Crippen molar-refractivity contribution in [3.05, 3.63) is 60.2 Å². The van der Waals surface area contributed by atoms with Gasteiger partial charge in [-0.15, -0.1) is 0 Å². The van der Waals surface area contributed by atoms with Gasteiger partial charge in [-0.1, -0.05) is 42.5 Å². The molecular formula is C24H29N3O4. The van der Waals surface area contributed by atoms with E-state index in [9.17, 15) is 14.4 Å². The molecule has 2 aromatic carbocycles. The zero-order valence-corrected chi connectivity index (χ0v) is 18.3. The first kappa shape index (κ1) is 22.3. The highest BCUT2D eigenvalue weighted by molar-refractivity contribution is 5.95. The molecular weight excluding hydrogens is 394 g/mol. The number of piperazine rings is 1. The zero-order valence-electron chi connectivity index (χ0n) is 18.3. The Hall–Kier alpha value is -3.35. The number of amides is 3. The van der Waals surface area contributed by atoms with Crippen molar-refractivity contribution in [2.24, 2.45) is 0 Å². The Morgan fingerprint density at radius 3 is 1.97 bits per heavy atom. The van der Waals surface area contributed by atoms with E-state index in [0.29, 0.717) is 31.7 Å². The summed E-state index contributed by atoms with van der Waals surface area (Å²) in [6, 6.07) is 17.6. The van der Waals surface area contributed by atoms with E-state index < -0.39 is 11.7 Å². The largest absolute Gasteiger partial charge is 0.444 e. The molecule has 1 fully saturated rings. The maximum Gasteiger partial charge on any atom is 0.408 e. The summed E-state index contributed by atoms with van der Waals surface area (Å²) in [5, 5.41) is 2.48. The third-order valence-corrected chi connectivity index (χ3v) is 4.94. The molecule has 0 aromatic heterocycles. The number of benzene rings is 2. The fourth-order valence-corrected chi connectivity index (χ4v) is 3.35. The second-order valence-corrected chi connectivity index (χ2v) is 8.47. The average Bonchev–Trinajstić information content (AvgIpc) is 2.76. The number of alkyl carbamates (subject to hydrolysis) is 1. The molecule has 0 spiro atoms. The molecule has 0 atom stereocenters. The highest BCUT2D eigenvalue weighted by Crippen LogP contribution is 2.20. The molecule has 3 rings (SSSR count). The minimum Gasteiger partial charge on any atom is -0.444 e. The Labute approximate surface area is 183 Å². The van der Waals surface area contributed by atoms with E-state index in [0.717, 1.165) is 11.1 Å². The molecule has 1 heterocycles. The lowest BCUT2D eigenvalue weighted by molar-refractivity contribution is -0.131. The standard InChI is InChI=1S/C24H29N3O4/c1-24(2,3)31-23(30)25-17-21(28)26-13-15-27(16-14-26)22(29)20-11-9-19(10-12-20)18-7-5-4-6-8-18/h4-12H,13-17H2,1-3H3,(H,25,30). The van der Waals surface area contributed by atoms with Crippen molar-refractivity contribution in [2.45, 2.75) is 26.4 Å². The van der Waals surface area contributed by atoms with Gasteiger partial charge in [0, 0.05) is 31.7 Å². The number of carbonyl (C=O) groups is 3. The van der Waals surface area contributed by atoms with Gasteiger partial charge < -0.3 is 19.9 Å². The van der Waals surface area contributed by atoms with E-state index >= 15 is 0 Å². The maximum atomic E-state index is 12.8. The molecule has 0 radical (unpaired) electrons. The quantitative estimate of drug-likeness (QED) is 0.819. The molecule has 0 unspecified atom stereocenters. The highest BCUT2D eigenvalue weighted by Gasteiger charge is 2.25. The number of hydrogen-bond acceptors (Lipinski definition) is 4. The molecule has 1 N–H and O–H groups in total. The Morgan fingerprint density at radius 2 is 1.39 bits per heavy atom. The van der Waals surface area contributed by atoms with Crippen LogP contribution in [0.2, 0.25) is 0 Å². The van der Waals surface area contributed by atoms with Gasteiger partial charge in [-0.2, -0.15) is 0 Å². The first-order chi connectivity index (χ1) is 14.7. The number of rotatable bonds is 4. The van der Waals surface area contributed by atoms with Gasteiger partial charge in [0.15, 0.2) is 0 Å². The second-order valence-electron chi connectivity index (χ2n) is 8.47. The van der Waals surface area contributed by atoms with E-state index in [1.807, 2.05) is 54.6 Å². The van der Waals surface area contributed by atoms with Crippen molar-refractivity contribution < 1.29 is 19.1 Å². The maximum absolute atomic E-state index is 12.8. The van der Waals surface area contributed by atoms with Gasteiger partial charge in [0.2, 0.25) is 5.91 Å². The molecule has 2 aromatic rings. The van der Waals surface area contributed by atoms with Crippen LogP contribution in [0.5, 0.6) is 0 Å². The van der Waals surface area contributed by atoms with Crippen LogP contribution in [0.4, 0.5) is 4.79 Å². The Kier molecular flexibility index (Phi) is 6.95. The summed E-state index contributed by atoms with van der Waals surface area (Å²) < 4.78 is 5.14. The third kappa shape index (κ3) is 6.31. The monoisotopic (exact) mass is 423 g/mol. The van der Waals surface area contributed by atoms with Crippen molar-refractivity contribution in [2.75, 3.05) is 32.7 Å². The van der Waals surface area contributed by atoms with Crippen LogP contribution in [0.3, 0.4) is 0 Å². The van der Waals surface area contributed by atoms with Crippen molar-refractivity contribution in [3.8, 4) is 11.1 Å². The number of nitrogens with one attached hydrogen (secondary N) is 1. The molecule has 1 aliphatic heterocycles. The Morgan fingerprint density at radius 1 is 0.839 bits per heavy atom. The van der Waals surface area contributed by atoms with Crippen molar-refractivity contribution in [3.63, 3.8) is 0 Å². The van der Waals surface area contributed by atoms with Gasteiger partial charge in [-0.3, -0.25) is 9.59 Å². The van der Waals surface area contributed by atoms with Crippen LogP contribution >= 0.6 is 0 Å². The van der Waals surface area contributed by atoms with Gasteiger partial charge in [-0.25, -0.2) is 4.79 Å². The number of carbonyl (C=O) groups excluding carboxylic acids is 3. The molecule has 3 amide bonds. The molecule has 0 bridgehead atoms. The molecule has 7 heteroatoms. The van der Waals surface area contributed by atoms with Crippen LogP contribution in [0, 0.1) is 0 Å². The smallest absolute Gasteiger partial charge is 0.408 e. The summed E-state index contributed by atoms with van der Waals surface area (Å²) in [6.45, 7) is 6.95. The number of ether oxygens (including phenoxy) is 1. The molecule has 1 aliphatic rings. The summed E-state index contributed by atoms with van der Waals surface area (Å²) in [7, 11) is 0. The van der Waals surface area contributed by atoms with Crippen LogP contribution in [0.25, 0.3) is 11.1 Å². The predicted molar refractivity (Wildman–Crippen MR) is 119 cm³/mol. The summed E-state index contributed by atoms with van der Waals surface area (Å²) >= 11 is 0. The summed E-state index contributed by atoms with van der Waals surface area (Å²) in [5.41, 5.74) is 2.18. The van der Waals surface area contributed by atoms with Crippen LogP contribution < -0.4 is 5.32 Å². The first-order valence-electron chi connectivity index (χ1n) is 10.4. The lowest BCUT2D eigenvalue weighted by Gasteiger charge is -2.35. The lowest BCUT2D eigenvalue weighted by atomic mass is 10.0. The van der Waals surface area contributed by atoms with E-state index in [4.69, 9.17) is 4.74 Å². The molecule has 164 valence electrons. The fraction of sp³-hybridized carbons (Fsp3) is 0.375. The van der Waals surface area contributed by atoms with Crippen molar-refractivity contribution >= 4 is 17.9 Å². The molecule has 0 aliphatic carbocycles. The molecule has 7 nitrogen and oxygen atoms in total. The second kappa shape index (κ2) is 9.64. The van der Waals surface area contributed by atoms with Crippen LogP contribution in [0.15, 0.2) is 54.6 Å². The predicted octanol–water partition coefficient (Wildman–Crippen LogP) is 3.16. The summed E-state index contributed by atoms with van der Waals surface area (Å²) in [5.74, 6) is -0.233. The van der Waals surface area contributed by atoms with Crippen molar-refractivity contribution in [1.29, 1.82) is 0 Å². The Balaban J connectivity index is 1.48. The van der Waals surface area contributed by atoms with E-state index in [2.05, 4.69) is 5.32 Å². The van der Waals surface area contributed by atoms with Gasteiger partial charge in [-0.05, 0) is 44.0 Å². The fourth-order valence-electron chi connectivity index (χ4n) is 3.35. The van der Waals surface area contributed by atoms with Crippen LogP contribution in [-0.2, 0) is 9.53 Å². The van der Waals surface area contributed by atoms with Gasteiger partial charge in [0.1, 0.15) is 12.1 Å². The van der Waals surface area contributed by atoms with Gasteiger partial charge in [0.05, 0.1) is 0 Å². The SMILES string of the molecule is CC(C)(C)OC(=O)NCC(=O)N1CCN(C(=O)c2ccc(-c3ccccc3)cc2)CC1. The minimum atomic E-state index is -0.617. The van der Waals surface area contributed by atoms with Crippen LogP contribution in [0.1, 0.15) is 31.1 Å². The number of nitrogens with zero attached hydrogens (tertiary/aromatic N) is 2. The van der Waals surface area contributed by atoms with Gasteiger partial charge in [0.25, 0.3) is 5.91 Å². The highest BCUT2D eigenvalue weighted by atomic mass is 16.6. The Bertz CT molecular complexity index is 912. The molecule has 0 saturated carbocycles. The van der Waals surface area contributed by atoms with E-state index in [-0.39, 0.29) is 18.4 Å². The van der Waals surface area contributed by atoms with Gasteiger partial charge >= 0.3 is 6.09 Å². The summed E-state index contributed by atoms with van der Waals surface area (Å²) in [4.78, 5) is 40.3. The normalized spacial score (nSPS) is 14.2. The van der Waals surface area contributed by atoms with E-state index in [1.165, 1.54) is 0 Å². The molecule has 31 heavy (non-hydrogen) atoms.